The summed E-state index contributed by atoms with van der Waals surface area (Å²) < 4.78 is 0. The first kappa shape index (κ1) is 14.7. The highest BCUT2D eigenvalue weighted by Gasteiger charge is 2.08. The first-order chi connectivity index (χ1) is 8.38. The molecule has 0 bridgehead atoms. The number of halogens is 1. The Bertz CT molecular complexity index is 463. The van der Waals surface area contributed by atoms with Gasteiger partial charge in [0.25, 0.3) is 0 Å². The Balaban J connectivity index is 2.57. The van der Waals surface area contributed by atoms with Crippen LogP contribution in [0.1, 0.15) is 20.3 Å². The molecular weight excluding hydrogens is 270 g/mol. The number of nitrogen functional groups attached to an aromatic ring is 1. The van der Waals surface area contributed by atoms with E-state index in [1.54, 1.807) is 18.2 Å². The van der Waals surface area contributed by atoms with Crippen molar-refractivity contribution in [3.8, 4) is 0 Å². The molecule has 0 unspecified atom stereocenters. The van der Waals surface area contributed by atoms with Gasteiger partial charge in [-0.2, -0.15) is 0 Å². The summed E-state index contributed by atoms with van der Waals surface area (Å²) in [5.41, 5.74) is 6.76. The highest BCUT2D eigenvalue weighted by Crippen LogP contribution is 2.23. The molecule has 0 aromatic heterocycles. The van der Waals surface area contributed by atoms with Gasteiger partial charge in [-0.15, -0.1) is 0 Å². The van der Waals surface area contributed by atoms with Crippen LogP contribution in [0.2, 0.25) is 5.02 Å². The number of carbonyl (C=O) groups excluding carboxylic acids is 1. The van der Waals surface area contributed by atoms with E-state index in [1.165, 1.54) is 0 Å². The summed E-state index contributed by atoms with van der Waals surface area (Å²) in [4.78, 5) is 11.5. The zero-order valence-electron chi connectivity index (χ0n) is 10.3. The molecule has 0 fully saturated rings. The Morgan fingerprint density at radius 1 is 1.50 bits per heavy atom. The third kappa shape index (κ3) is 4.89. The van der Waals surface area contributed by atoms with Gasteiger partial charge in [-0.3, -0.25) is 4.79 Å². The molecule has 0 aliphatic heterocycles. The van der Waals surface area contributed by atoms with E-state index in [4.69, 9.17) is 29.6 Å². The number of nitrogens with two attached hydrogens (primary N) is 1. The largest absolute Gasteiger partial charge is 0.399 e. The lowest BCUT2D eigenvalue weighted by molar-refractivity contribution is -0.120. The van der Waals surface area contributed by atoms with Crippen molar-refractivity contribution in [2.45, 2.75) is 20.3 Å². The lowest BCUT2D eigenvalue weighted by Crippen LogP contribution is -2.34. The van der Waals surface area contributed by atoms with Crippen molar-refractivity contribution in [3.63, 3.8) is 0 Å². The third-order valence-electron chi connectivity index (χ3n) is 2.09. The standard InChI is InChI=1S/C12H16ClN3OS/c1-7(2)5-11(17)16-12(18)15-10-4-3-8(14)6-9(10)13/h3-4,6-7H,5,14H2,1-2H3,(H2,15,16,17,18). The van der Waals surface area contributed by atoms with Crippen LogP contribution in [0, 0.1) is 5.92 Å². The molecule has 0 heterocycles. The second-order valence-corrected chi connectivity index (χ2v) is 5.16. The summed E-state index contributed by atoms with van der Waals surface area (Å²) >= 11 is 11.0. The monoisotopic (exact) mass is 285 g/mol. The number of hydrogen-bond donors (Lipinski definition) is 3. The molecule has 0 spiro atoms. The average Bonchev–Trinajstić information content (AvgIpc) is 2.20. The quantitative estimate of drug-likeness (QED) is 0.590. The summed E-state index contributed by atoms with van der Waals surface area (Å²) in [6, 6.07) is 5.02. The number of rotatable bonds is 3. The Morgan fingerprint density at radius 3 is 2.72 bits per heavy atom. The van der Waals surface area contributed by atoms with Crippen molar-refractivity contribution >= 4 is 46.2 Å². The number of hydrogen-bond acceptors (Lipinski definition) is 3. The first-order valence-electron chi connectivity index (χ1n) is 5.54. The van der Waals surface area contributed by atoms with E-state index in [0.29, 0.717) is 22.8 Å². The first-order valence-corrected chi connectivity index (χ1v) is 6.33. The average molecular weight is 286 g/mol. The normalized spacial score (nSPS) is 10.2. The topological polar surface area (TPSA) is 67.2 Å². The SMILES string of the molecule is CC(C)CC(=O)NC(=S)Nc1ccc(N)cc1Cl. The summed E-state index contributed by atoms with van der Waals surface area (Å²) in [5.74, 6) is 0.168. The summed E-state index contributed by atoms with van der Waals surface area (Å²) in [5, 5.41) is 6.13. The van der Waals surface area contributed by atoms with Gasteiger partial charge in [-0.25, -0.2) is 0 Å². The van der Waals surface area contributed by atoms with Crippen molar-refractivity contribution in [2.75, 3.05) is 11.1 Å². The maximum absolute atomic E-state index is 11.5. The highest BCUT2D eigenvalue weighted by molar-refractivity contribution is 7.80. The van der Waals surface area contributed by atoms with Gasteiger partial charge >= 0.3 is 0 Å². The molecule has 1 amide bonds. The maximum Gasteiger partial charge on any atom is 0.226 e. The number of nitrogens with one attached hydrogen (secondary N) is 2. The molecule has 0 radical (unpaired) electrons. The summed E-state index contributed by atoms with van der Waals surface area (Å²) in [7, 11) is 0. The van der Waals surface area contributed by atoms with Gasteiger partial charge in [-0.05, 0) is 36.3 Å². The Hall–Kier alpha value is -1.33. The molecule has 6 heteroatoms. The van der Waals surface area contributed by atoms with Crippen LogP contribution in [0.4, 0.5) is 11.4 Å². The molecule has 1 aromatic rings. The second-order valence-electron chi connectivity index (χ2n) is 4.34. The molecular formula is C12H16ClN3OS. The lowest BCUT2D eigenvalue weighted by atomic mass is 10.1. The Kier molecular flexibility index (Phi) is 5.37. The summed E-state index contributed by atoms with van der Waals surface area (Å²) in [6.07, 6.45) is 0.428. The van der Waals surface area contributed by atoms with Gasteiger partial charge in [0.1, 0.15) is 0 Å². The highest BCUT2D eigenvalue weighted by atomic mass is 35.5. The molecule has 98 valence electrons. The minimum absolute atomic E-state index is 0.117. The minimum atomic E-state index is -0.117. The Morgan fingerprint density at radius 2 is 2.17 bits per heavy atom. The molecule has 0 atom stereocenters. The van der Waals surface area contributed by atoms with Gasteiger partial charge in [0, 0.05) is 12.1 Å². The fourth-order valence-electron chi connectivity index (χ4n) is 1.33. The van der Waals surface area contributed by atoms with Gasteiger partial charge in [-0.1, -0.05) is 25.4 Å². The van der Waals surface area contributed by atoms with E-state index in [-0.39, 0.29) is 16.9 Å². The molecule has 4 nitrogen and oxygen atoms in total. The van der Waals surface area contributed by atoms with E-state index in [1.807, 2.05) is 13.8 Å². The van der Waals surface area contributed by atoms with E-state index in [0.717, 1.165) is 0 Å². The number of benzene rings is 1. The molecule has 1 aromatic carbocycles. The molecule has 4 N–H and O–H groups in total. The van der Waals surface area contributed by atoms with E-state index < -0.39 is 0 Å². The van der Waals surface area contributed by atoms with E-state index in [2.05, 4.69) is 10.6 Å². The molecule has 18 heavy (non-hydrogen) atoms. The number of anilines is 2. The van der Waals surface area contributed by atoms with Crippen LogP contribution in [0.15, 0.2) is 18.2 Å². The van der Waals surface area contributed by atoms with Crippen molar-refractivity contribution in [1.82, 2.24) is 5.32 Å². The van der Waals surface area contributed by atoms with Gasteiger partial charge in [0.05, 0.1) is 10.7 Å². The Labute approximate surface area is 117 Å². The molecule has 0 saturated carbocycles. The molecule has 1 rings (SSSR count). The number of thiocarbonyl (C=S) groups is 1. The van der Waals surface area contributed by atoms with Crippen LogP contribution in [-0.2, 0) is 4.79 Å². The number of carbonyl (C=O) groups is 1. The predicted molar refractivity (Wildman–Crippen MR) is 79.7 cm³/mol. The maximum atomic E-state index is 11.5. The molecule has 0 aliphatic rings. The second kappa shape index (κ2) is 6.56. The minimum Gasteiger partial charge on any atom is -0.399 e. The molecule has 0 saturated heterocycles. The van der Waals surface area contributed by atoms with E-state index in [9.17, 15) is 4.79 Å². The summed E-state index contributed by atoms with van der Waals surface area (Å²) in [6.45, 7) is 3.93. The fourth-order valence-corrected chi connectivity index (χ4v) is 1.79. The van der Waals surface area contributed by atoms with Crippen molar-refractivity contribution in [2.24, 2.45) is 5.92 Å². The zero-order valence-corrected chi connectivity index (χ0v) is 11.9. The van der Waals surface area contributed by atoms with Crippen LogP contribution in [-0.4, -0.2) is 11.0 Å². The predicted octanol–water partition coefficient (Wildman–Crippen LogP) is 2.78. The zero-order chi connectivity index (χ0) is 13.7. The van der Waals surface area contributed by atoms with E-state index >= 15 is 0 Å². The van der Waals surface area contributed by atoms with Crippen LogP contribution in [0.3, 0.4) is 0 Å². The van der Waals surface area contributed by atoms with Crippen LogP contribution in [0.5, 0.6) is 0 Å². The van der Waals surface area contributed by atoms with Crippen molar-refractivity contribution < 1.29 is 4.79 Å². The van der Waals surface area contributed by atoms with Gasteiger partial charge in [0.2, 0.25) is 5.91 Å². The van der Waals surface area contributed by atoms with Crippen molar-refractivity contribution in [1.29, 1.82) is 0 Å². The van der Waals surface area contributed by atoms with Crippen molar-refractivity contribution in [3.05, 3.63) is 23.2 Å². The lowest BCUT2D eigenvalue weighted by Gasteiger charge is -2.12. The van der Waals surface area contributed by atoms with Crippen LogP contribution >= 0.6 is 23.8 Å². The number of amides is 1. The van der Waals surface area contributed by atoms with Crippen LogP contribution in [0.25, 0.3) is 0 Å². The fraction of sp³-hybridized carbons (Fsp3) is 0.333. The molecule has 0 aliphatic carbocycles. The smallest absolute Gasteiger partial charge is 0.226 e. The van der Waals surface area contributed by atoms with Gasteiger partial charge in [0.15, 0.2) is 5.11 Å². The van der Waals surface area contributed by atoms with Crippen LogP contribution < -0.4 is 16.4 Å². The van der Waals surface area contributed by atoms with Gasteiger partial charge < -0.3 is 16.4 Å². The third-order valence-corrected chi connectivity index (χ3v) is 2.60.